The van der Waals surface area contributed by atoms with E-state index in [4.69, 9.17) is 8.85 Å². The van der Waals surface area contributed by atoms with Crippen LogP contribution in [0.25, 0.3) is 0 Å². The third kappa shape index (κ3) is 3.21. The Morgan fingerprint density at radius 3 is 2.36 bits per heavy atom. The van der Waals surface area contributed by atoms with Crippen molar-refractivity contribution in [2.24, 2.45) is 0 Å². The molecular weight excluding hydrogens is 199 g/mol. The number of benzene rings is 1. The lowest BCUT2D eigenvalue weighted by Gasteiger charge is -2.14. The van der Waals surface area contributed by atoms with Crippen molar-refractivity contribution >= 4 is 14.5 Å². The molecule has 0 radical (unpaired) electrons. The molecule has 1 aromatic rings. The summed E-state index contributed by atoms with van der Waals surface area (Å²) in [7, 11) is -1.86. The Balaban J connectivity index is 2.75. The summed E-state index contributed by atoms with van der Waals surface area (Å²) in [6.45, 7) is 5.04. The first-order valence-corrected chi connectivity index (χ1v) is 6.28. The van der Waals surface area contributed by atoms with E-state index in [1.807, 2.05) is 19.9 Å². The SMILES string of the molecule is CCO[SiH](OCC)c1cccc(F)c1. The maximum atomic E-state index is 12.9. The molecule has 0 fully saturated rings. The molecule has 0 amide bonds. The minimum absolute atomic E-state index is 0.237. The van der Waals surface area contributed by atoms with E-state index in [0.29, 0.717) is 13.2 Å². The van der Waals surface area contributed by atoms with E-state index in [2.05, 4.69) is 0 Å². The zero-order valence-electron chi connectivity index (χ0n) is 8.50. The average Bonchev–Trinajstić information content (AvgIpc) is 2.17. The second-order valence-electron chi connectivity index (χ2n) is 2.80. The second kappa shape index (κ2) is 5.90. The van der Waals surface area contributed by atoms with Gasteiger partial charge >= 0.3 is 9.28 Å². The zero-order valence-corrected chi connectivity index (χ0v) is 9.65. The lowest BCUT2D eigenvalue weighted by atomic mass is 10.3. The minimum Gasteiger partial charge on any atom is -0.394 e. The van der Waals surface area contributed by atoms with Crippen LogP contribution in [0.5, 0.6) is 0 Å². The van der Waals surface area contributed by atoms with Gasteiger partial charge in [-0.1, -0.05) is 12.1 Å². The topological polar surface area (TPSA) is 18.5 Å². The van der Waals surface area contributed by atoms with Crippen molar-refractivity contribution in [1.82, 2.24) is 0 Å². The van der Waals surface area contributed by atoms with Crippen molar-refractivity contribution in [1.29, 1.82) is 0 Å². The fourth-order valence-electron chi connectivity index (χ4n) is 1.20. The molecule has 0 aliphatic rings. The van der Waals surface area contributed by atoms with Gasteiger partial charge in [0, 0.05) is 13.2 Å². The molecule has 0 aliphatic heterocycles. The number of hydrogen-bond acceptors (Lipinski definition) is 2. The van der Waals surface area contributed by atoms with Gasteiger partial charge in [0.2, 0.25) is 0 Å². The summed E-state index contributed by atoms with van der Waals surface area (Å²) in [5.74, 6) is -0.237. The summed E-state index contributed by atoms with van der Waals surface area (Å²) < 4.78 is 23.9. The highest BCUT2D eigenvalue weighted by molar-refractivity contribution is 6.61. The highest BCUT2D eigenvalue weighted by Gasteiger charge is 2.15. The molecule has 0 saturated heterocycles. The normalized spacial score (nSPS) is 10.9. The van der Waals surface area contributed by atoms with Crippen molar-refractivity contribution in [3.05, 3.63) is 30.1 Å². The lowest BCUT2D eigenvalue weighted by Crippen LogP contribution is -2.37. The van der Waals surface area contributed by atoms with E-state index in [9.17, 15) is 4.39 Å². The Kier molecular flexibility index (Phi) is 4.79. The Labute approximate surface area is 85.5 Å². The molecule has 0 unspecified atom stereocenters. The molecule has 0 aromatic heterocycles. The second-order valence-corrected chi connectivity index (χ2v) is 4.79. The maximum Gasteiger partial charge on any atom is 0.355 e. The smallest absolute Gasteiger partial charge is 0.355 e. The van der Waals surface area contributed by atoms with Gasteiger partial charge in [-0.25, -0.2) is 4.39 Å². The fraction of sp³-hybridized carbons (Fsp3) is 0.400. The molecule has 0 saturated carbocycles. The van der Waals surface area contributed by atoms with Crippen LogP contribution < -0.4 is 5.19 Å². The number of hydrogen-bond donors (Lipinski definition) is 0. The van der Waals surface area contributed by atoms with E-state index >= 15 is 0 Å². The van der Waals surface area contributed by atoms with E-state index in [1.165, 1.54) is 12.1 Å². The largest absolute Gasteiger partial charge is 0.394 e. The fourth-order valence-corrected chi connectivity index (χ4v) is 2.85. The molecule has 0 N–H and O–H groups in total. The van der Waals surface area contributed by atoms with Crippen molar-refractivity contribution in [2.45, 2.75) is 13.8 Å². The van der Waals surface area contributed by atoms with Gasteiger partial charge in [0.15, 0.2) is 0 Å². The van der Waals surface area contributed by atoms with Crippen molar-refractivity contribution in [3.63, 3.8) is 0 Å². The first-order valence-electron chi connectivity index (χ1n) is 4.76. The first kappa shape index (κ1) is 11.4. The van der Waals surface area contributed by atoms with Crippen LogP contribution in [0, 0.1) is 5.82 Å². The molecule has 1 aromatic carbocycles. The van der Waals surface area contributed by atoms with Crippen LogP contribution in [0.4, 0.5) is 4.39 Å². The molecule has 0 heterocycles. The van der Waals surface area contributed by atoms with Gasteiger partial charge in [-0.15, -0.1) is 0 Å². The third-order valence-electron chi connectivity index (χ3n) is 1.76. The Morgan fingerprint density at radius 1 is 1.21 bits per heavy atom. The molecule has 0 spiro atoms. The Bertz CT molecular complexity index is 275. The van der Waals surface area contributed by atoms with Crippen LogP contribution in [0.15, 0.2) is 24.3 Å². The van der Waals surface area contributed by atoms with Crippen molar-refractivity contribution in [2.75, 3.05) is 13.2 Å². The number of rotatable bonds is 5. The van der Waals surface area contributed by atoms with Crippen LogP contribution in [-0.4, -0.2) is 22.5 Å². The van der Waals surface area contributed by atoms with Crippen molar-refractivity contribution < 1.29 is 13.2 Å². The molecule has 0 aliphatic carbocycles. The molecule has 0 atom stereocenters. The predicted octanol–water partition coefficient (Wildman–Crippen LogP) is 1.33. The van der Waals surface area contributed by atoms with Gasteiger partial charge in [0.1, 0.15) is 5.82 Å². The Hall–Kier alpha value is -0.713. The van der Waals surface area contributed by atoms with Gasteiger partial charge in [-0.3, -0.25) is 0 Å². The van der Waals surface area contributed by atoms with Crippen LogP contribution in [0.1, 0.15) is 13.8 Å². The minimum atomic E-state index is -1.86. The standard InChI is InChI=1S/C10H15FO2Si/c1-3-12-14(13-4-2)10-7-5-6-9(11)8-10/h5-8,14H,3-4H2,1-2H3. The van der Waals surface area contributed by atoms with Crippen LogP contribution in [-0.2, 0) is 8.85 Å². The monoisotopic (exact) mass is 214 g/mol. The number of halogens is 1. The summed E-state index contributed by atoms with van der Waals surface area (Å²) >= 11 is 0. The molecule has 2 nitrogen and oxygen atoms in total. The highest BCUT2D eigenvalue weighted by Crippen LogP contribution is 1.97. The summed E-state index contributed by atoms with van der Waals surface area (Å²) in [4.78, 5) is 0. The molecule has 0 bridgehead atoms. The van der Waals surface area contributed by atoms with Crippen LogP contribution >= 0.6 is 0 Å². The van der Waals surface area contributed by atoms with Gasteiger partial charge in [-0.05, 0) is 31.2 Å². The van der Waals surface area contributed by atoms with Gasteiger partial charge < -0.3 is 8.85 Å². The predicted molar refractivity (Wildman–Crippen MR) is 56.4 cm³/mol. The summed E-state index contributed by atoms with van der Waals surface area (Å²) in [5.41, 5.74) is 0. The van der Waals surface area contributed by atoms with E-state index in [1.54, 1.807) is 6.07 Å². The molecule has 14 heavy (non-hydrogen) atoms. The van der Waals surface area contributed by atoms with Crippen LogP contribution in [0.2, 0.25) is 0 Å². The third-order valence-corrected chi connectivity index (χ3v) is 3.93. The van der Waals surface area contributed by atoms with E-state index < -0.39 is 9.28 Å². The molecule has 78 valence electrons. The zero-order chi connectivity index (χ0) is 10.4. The van der Waals surface area contributed by atoms with Gasteiger partial charge in [0.25, 0.3) is 0 Å². The Morgan fingerprint density at radius 2 is 1.86 bits per heavy atom. The van der Waals surface area contributed by atoms with Crippen molar-refractivity contribution in [3.8, 4) is 0 Å². The van der Waals surface area contributed by atoms with E-state index in [-0.39, 0.29) is 5.82 Å². The molecule has 1 rings (SSSR count). The average molecular weight is 214 g/mol. The lowest BCUT2D eigenvalue weighted by molar-refractivity contribution is 0.225. The van der Waals surface area contributed by atoms with Crippen LogP contribution in [0.3, 0.4) is 0 Å². The summed E-state index contributed by atoms with van der Waals surface area (Å²) in [6.07, 6.45) is 0. The van der Waals surface area contributed by atoms with E-state index in [0.717, 1.165) is 5.19 Å². The van der Waals surface area contributed by atoms with Gasteiger partial charge in [0.05, 0.1) is 0 Å². The first-order chi connectivity index (χ1) is 6.77. The molecular formula is C10H15FO2Si. The van der Waals surface area contributed by atoms with Gasteiger partial charge in [-0.2, -0.15) is 0 Å². The molecule has 4 heteroatoms. The summed E-state index contributed by atoms with van der Waals surface area (Å²) in [5, 5.41) is 0.855. The maximum absolute atomic E-state index is 12.9. The summed E-state index contributed by atoms with van der Waals surface area (Å²) in [6, 6.07) is 6.45. The quantitative estimate of drug-likeness (QED) is 0.688. The highest BCUT2D eigenvalue weighted by atomic mass is 28.3.